The molecular formula is C92H112N12O4W4-4. The number of carbonyl (C=O) groups is 4. The van der Waals surface area contributed by atoms with Crippen molar-refractivity contribution in [2.75, 3.05) is 59.9 Å². The van der Waals surface area contributed by atoms with Gasteiger partial charge in [0.1, 0.15) is 23.3 Å². The number of pyridine rings is 2. The van der Waals surface area contributed by atoms with E-state index in [1.165, 1.54) is 42.5 Å². The Balaban J connectivity index is 0.000000256. The fourth-order valence-electron chi connectivity index (χ4n) is 15.3. The molecular weight excluding hydrogens is 2070 g/mol. The number of carbonyl (C=O) groups excluding carboxylic acids is 4. The zero-order chi connectivity index (χ0) is 76.9. The molecule has 6 aliphatic heterocycles. The topological polar surface area (TPSA) is 163 Å². The minimum Gasteiger partial charge on any atom is -0.394 e. The van der Waals surface area contributed by atoms with E-state index in [1.807, 2.05) is 226 Å². The molecule has 4 amide bonds. The van der Waals surface area contributed by atoms with Crippen molar-refractivity contribution in [2.45, 2.75) is 196 Å². The quantitative estimate of drug-likeness (QED) is 0.133. The molecule has 0 N–H and O–H groups in total. The average molecular weight is 2190 g/mol. The first-order valence-corrected chi connectivity index (χ1v) is 39.8. The second kappa shape index (κ2) is 49.6. The number of anilines is 4. The molecule has 0 spiro atoms. The van der Waals surface area contributed by atoms with Gasteiger partial charge in [-0.25, -0.2) is 0 Å². The van der Waals surface area contributed by atoms with Crippen LogP contribution in [-0.4, -0.2) is 131 Å². The van der Waals surface area contributed by atoms with Crippen LogP contribution < -0.4 is 19.6 Å². The van der Waals surface area contributed by atoms with Gasteiger partial charge in [0.2, 0.25) is 0 Å². The third-order valence-electron chi connectivity index (χ3n) is 20.9. The molecule has 0 unspecified atom stereocenters. The van der Waals surface area contributed by atoms with Gasteiger partial charge in [0.15, 0.2) is 0 Å². The number of fused-ring (bicyclic) bond motifs is 4. The molecule has 592 valence electrons. The van der Waals surface area contributed by atoms with Gasteiger partial charge in [0.25, 0.3) is 23.6 Å². The molecule has 4 fully saturated rings. The fraction of sp³-hybridized carbons (Fsp3) is 0.413. The van der Waals surface area contributed by atoms with Crippen LogP contribution in [0.4, 0.5) is 22.7 Å². The van der Waals surface area contributed by atoms with Crippen LogP contribution >= 0.6 is 0 Å². The van der Waals surface area contributed by atoms with Crippen LogP contribution in [0.25, 0.3) is 0 Å². The monoisotopic (exact) mass is 2180 g/mol. The molecule has 0 atom stereocenters. The first kappa shape index (κ1) is 95.4. The average Bonchev–Trinajstić information content (AvgIpc) is 1.62. The fourth-order valence-corrected chi connectivity index (χ4v) is 15.3. The van der Waals surface area contributed by atoms with Gasteiger partial charge in [0.05, 0.1) is 0 Å². The van der Waals surface area contributed by atoms with Gasteiger partial charge in [-0.3, -0.25) is 19.2 Å². The summed E-state index contributed by atoms with van der Waals surface area (Å²) in [7, 11) is 4.32. The number of hydrogen-bond acceptors (Lipinski definition) is 8. The van der Waals surface area contributed by atoms with E-state index in [0.29, 0.717) is 59.3 Å². The largest absolute Gasteiger partial charge is 0.394 e. The Kier molecular flexibility index (Phi) is 42.3. The summed E-state index contributed by atoms with van der Waals surface area (Å²) in [5, 5.41) is 0. The molecule has 2 aliphatic carbocycles. The van der Waals surface area contributed by atoms with Crippen molar-refractivity contribution in [1.82, 2.24) is 19.8 Å². The van der Waals surface area contributed by atoms with Gasteiger partial charge < -0.3 is 39.4 Å². The Morgan fingerprint density at radius 2 is 0.571 bits per heavy atom. The van der Waals surface area contributed by atoms with Crippen molar-refractivity contribution in [3.8, 4) is 0 Å². The molecule has 0 bridgehead atoms. The van der Waals surface area contributed by atoms with Crippen LogP contribution in [0.5, 0.6) is 0 Å². The van der Waals surface area contributed by atoms with E-state index >= 15 is 0 Å². The SMILES string of the molecule is CC.CC.CC.CC.CC1CCC(N2C(=NC(=O)c3ccccc3)Cc3cc[c-]cc32)CC1.CC1CCC(N2C(=NC(=O)c3ccccc3)Cc3cn[c-]cc32)CC1.CN1CCC(N2C(=NC(=O)c3ccccc3)Cc3cc[c-]cc32)CC1.CN1CCC(N2C(=NC(=O)c3ccccc3)Cc3cn[c-]cc32)CC1.[W].[W].[W].[W]. The second-order valence-electron chi connectivity index (χ2n) is 27.9. The van der Waals surface area contributed by atoms with Gasteiger partial charge in [-0.15, -0.1) is 34.4 Å². The van der Waals surface area contributed by atoms with Gasteiger partial charge >= 0.3 is 0 Å². The number of amides is 4. The number of aliphatic imine (C=N–C) groups is 4. The third kappa shape index (κ3) is 25.4. The Morgan fingerprint density at radius 1 is 0.330 bits per heavy atom. The summed E-state index contributed by atoms with van der Waals surface area (Å²) in [4.78, 5) is 90.5. The van der Waals surface area contributed by atoms with E-state index in [1.54, 1.807) is 0 Å². The summed E-state index contributed by atoms with van der Waals surface area (Å²) >= 11 is 0. The number of likely N-dealkylation sites (tertiary alicyclic amines) is 2. The van der Waals surface area contributed by atoms with Crippen molar-refractivity contribution in [3.05, 3.63) is 251 Å². The first-order chi connectivity index (χ1) is 52.9. The molecule has 0 radical (unpaired) electrons. The Bertz CT molecular complexity index is 3740. The molecule has 2 aromatic heterocycles. The van der Waals surface area contributed by atoms with Crippen molar-refractivity contribution < 1.29 is 103 Å². The summed E-state index contributed by atoms with van der Waals surface area (Å²) < 4.78 is 0. The Labute approximate surface area is 725 Å². The maximum atomic E-state index is 12.6. The second-order valence-corrected chi connectivity index (χ2v) is 27.9. The minimum atomic E-state index is -0.182. The molecule has 8 aliphatic rings. The molecule has 2 saturated heterocycles. The third-order valence-corrected chi connectivity index (χ3v) is 20.9. The molecule has 16 nitrogen and oxygen atoms in total. The maximum absolute atomic E-state index is 12.6. The summed E-state index contributed by atoms with van der Waals surface area (Å²) in [6.45, 7) is 24.9. The van der Waals surface area contributed by atoms with Crippen LogP contribution in [0, 0.1) is 36.4 Å². The van der Waals surface area contributed by atoms with E-state index in [-0.39, 0.29) is 108 Å². The van der Waals surface area contributed by atoms with Crippen molar-refractivity contribution in [2.24, 2.45) is 31.8 Å². The number of hydrogen-bond donors (Lipinski definition) is 0. The molecule has 8 heterocycles. The molecule has 8 aromatic rings. The van der Waals surface area contributed by atoms with Crippen LogP contribution in [0.2, 0.25) is 0 Å². The molecule has 2 saturated carbocycles. The van der Waals surface area contributed by atoms with Crippen molar-refractivity contribution in [1.29, 1.82) is 0 Å². The van der Waals surface area contributed by atoms with E-state index in [4.69, 9.17) is 0 Å². The van der Waals surface area contributed by atoms with E-state index in [0.717, 1.165) is 154 Å². The summed E-state index contributed by atoms with van der Waals surface area (Å²) in [5.41, 5.74) is 11.8. The first-order valence-electron chi connectivity index (χ1n) is 39.8. The number of rotatable bonds is 8. The molecule has 112 heavy (non-hydrogen) atoms. The Hall–Kier alpha value is -7.15. The predicted molar refractivity (Wildman–Crippen MR) is 444 cm³/mol. The van der Waals surface area contributed by atoms with Crippen LogP contribution in [0.15, 0.2) is 202 Å². The van der Waals surface area contributed by atoms with Gasteiger partial charge in [-0.1, -0.05) is 190 Å². The van der Waals surface area contributed by atoms with Gasteiger partial charge in [-0.05, 0) is 178 Å². The molecule has 6 aromatic carbocycles. The molecule has 16 rings (SSSR count). The normalized spacial score (nSPS) is 20.0. The number of aromatic nitrogens is 2. The standard InChI is InChI=1S/C22H23N2O.2C21H22N3O.C20H21N4O.4C2H6.4W/c1-16-11-13-19(14-12-16)24-20-10-6-5-9-18(20)15-21(24)23-22(25)17-7-3-2-4-8-17;1-23-13-11-18(12-14-23)24-19-10-6-5-9-17(19)15-20(24)22-21(25)16-7-3-2-4-8-16;1-15-7-9-18(10-8-15)24-19-11-12-22-14-17(19)13-20(24)23-21(25)16-5-3-2-4-6-16;1-23-11-8-17(9-12-23)24-18-7-10-21-14-16(18)13-19(24)22-20(25)15-5-3-2-4-6-15;4*1-2;;;;/h2-5,7-10,16,19H,11-15H2,1H3;2-5,7-10,18H,11-15H2,1H3;2-6,11,14-15,18H,7-10,13H2,1H3;2-7,14,17H,8-9,11-13H2,1H3;4*1-2H3;;;;/q4*-1;;;;;;;;. The minimum absolute atomic E-state index is 0. The van der Waals surface area contributed by atoms with Gasteiger partial charge in [0, 0.05) is 156 Å². The zero-order valence-electron chi connectivity index (χ0n) is 67.6. The van der Waals surface area contributed by atoms with Crippen molar-refractivity contribution >= 4 is 69.7 Å². The smallest absolute Gasteiger partial charge is 0.278 e. The zero-order valence-corrected chi connectivity index (χ0v) is 79.3. The van der Waals surface area contributed by atoms with Crippen LogP contribution in [0.1, 0.15) is 210 Å². The maximum Gasteiger partial charge on any atom is 0.278 e. The summed E-state index contributed by atoms with van der Waals surface area (Å²) in [6.07, 6.45) is 26.2. The summed E-state index contributed by atoms with van der Waals surface area (Å²) in [6, 6.07) is 61.2. The van der Waals surface area contributed by atoms with Crippen LogP contribution in [0.3, 0.4) is 0 Å². The van der Waals surface area contributed by atoms with E-state index in [9.17, 15) is 19.2 Å². The predicted octanol–water partition coefficient (Wildman–Crippen LogP) is 18.6. The van der Waals surface area contributed by atoms with Crippen molar-refractivity contribution in [3.63, 3.8) is 0 Å². The Morgan fingerprint density at radius 3 is 0.839 bits per heavy atom. The number of benzene rings is 6. The summed E-state index contributed by atoms with van der Waals surface area (Å²) in [5.74, 6) is 4.37. The van der Waals surface area contributed by atoms with E-state index in [2.05, 4.69) is 124 Å². The molecule has 20 heteroatoms. The number of piperidine rings is 2. The number of amidine groups is 4. The number of nitrogens with zero attached hydrogens (tertiary/aromatic N) is 12. The van der Waals surface area contributed by atoms with Gasteiger partial charge in [-0.2, -0.15) is 68.5 Å². The van der Waals surface area contributed by atoms with Crippen LogP contribution in [-0.2, 0) is 110 Å². The van der Waals surface area contributed by atoms with E-state index < -0.39 is 0 Å².